The second kappa shape index (κ2) is 66.0. The first-order chi connectivity index (χ1) is 44.9. The molecule has 3 N–H and O–H groups in total. The van der Waals surface area contributed by atoms with Crippen molar-refractivity contribution in [2.45, 2.75) is 400 Å². The number of phosphoric ester groups is 2. The predicted octanol–water partition coefficient (Wildman–Crippen LogP) is 21.6. The first-order valence-electron chi connectivity index (χ1n) is 38.5. The zero-order chi connectivity index (χ0) is 68.6. The summed E-state index contributed by atoms with van der Waals surface area (Å²) in [6.45, 7) is 9.59. The van der Waals surface area contributed by atoms with Crippen LogP contribution in [0.5, 0.6) is 0 Å². The van der Waals surface area contributed by atoms with Gasteiger partial charge in [-0.05, 0) is 37.5 Å². The van der Waals surface area contributed by atoms with Crippen molar-refractivity contribution in [1.29, 1.82) is 0 Å². The molecule has 0 aromatic heterocycles. The second-order valence-corrected chi connectivity index (χ2v) is 30.3. The summed E-state index contributed by atoms with van der Waals surface area (Å²) in [6.07, 6.45) is 52.7. The van der Waals surface area contributed by atoms with Crippen LogP contribution < -0.4 is 0 Å². The Hall–Kier alpha value is -1.94. The molecule has 6 atom stereocenters. The first-order valence-corrected chi connectivity index (χ1v) is 41.5. The average molecular weight is 1370 g/mol. The zero-order valence-electron chi connectivity index (χ0n) is 60.6. The molecule has 552 valence electrons. The first kappa shape index (κ1) is 91.1. The molecule has 93 heavy (non-hydrogen) atoms. The number of hydrogen-bond donors (Lipinski definition) is 3. The van der Waals surface area contributed by atoms with Gasteiger partial charge in [-0.25, -0.2) is 9.13 Å². The molecule has 3 unspecified atom stereocenters. The molecule has 0 aromatic carbocycles. The molecule has 19 heteroatoms. The van der Waals surface area contributed by atoms with Crippen LogP contribution >= 0.6 is 15.6 Å². The van der Waals surface area contributed by atoms with E-state index >= 15 is 0 Å². The Labute approximate surface area is 568 Å². The predicted molar refractivity (Wildman–Crippen MR) is 377 cm³/mol. The van der Waals surface area contributed by atoms with Gasteiger partial charge in [-0.3, -0.25) is 37.3 Å². The quantitative estimate of drug-likeness (QED) is 0.0222. The van der Waals surface area contributed by atoms with Crippen molar-refractivity contribution >= 4 is 39.5 Å². The summed E-state index contributed by atoms with van der Waals surface area (Å²) < 4.78 is 68.4. The third-order valence-corrected chi connectivity index (χ3v) is 19.5. The van der Waals surface area contributed by atoms with E-state index in [9.17, 15) is 43.2 Å². The van der Waals surface area contributed by atoms with Crippen LogP contribution in [0.25, 0.3) is 0 Å². The second-order valence-electron chi connectivity index (χ2n) is 27.4. The maximum Gasteiger partial charge on any atom is 0.472 e. The van der Waals surface area contributed by atoms with Crippen LogP contribution in [0.15, 0.2) is 0 Å². The Balaban J connectivity index is 5.20. The van der Waals surface area contributed by atoms with Crippen molar-refractivity contribution in [3.05, 3.63) is 0 Å². The Morgan fingerprint density at radius 2 is 0.548 bits per heavy atom. The maximum absolute atomic E-state index is 13.1. The summed E-state index contributed by atoms with van der Waals surface area (Å²) in [5.41, 5.74) is 0. The highest BCUT2D eigenvalue weighted by Gasteiger charge is 2.30. The van der Waals surface area contributed by atoms with Gasteiger partial charge in [0.25, 0.3) is 0 Å². The topological polar surface area (TPSA) is 237 Å². The van der Waals surface area contributed by atoms with E-state index in [0.717, 1.165) is 115 Å². The largest absolute Gasteiger partial charge is 0.472 e. The normalized spacial score (nSPS) is 14.3. The van der Waals surface area contributed by atoms with Crippen molar-refractivity contribution in [2.24, 2.45) is 11.8 Å². The highest BCUT2D eigenvalue weighted by Crippen LogP contribution is 2.45. The summed E-state index contributed by atoms with van der Waals surface area (Å²) >= 11 is 0. The molecule has 0 heterocycles. The molecular weight excluding hydrogens is 1220 g/mol. The van der Waals surface area contributed by atoms with Crippen LogP contribution in [0.2, 0.25) is 0 Å². The summed E-state index contributed by atoms with van der Waals surface area (Å²) in [4.78, 5) is 72.6. The zero-order valence-corrected chi connectivity index (χ0v) is 62.3. The van der Waals surface area contributed by atoms with E-state index in [1.165, 1.54) is 186 Å². The number of esters is 4. The number of hydrogen-bond acceptors (Lipinski definition) is 15. The molecule has 0 fully saturated rings. The van der Waals surface area contributed by atoms with Crippen LogP contribution in [-0.4, -0.2) is 96.7 Å². The van der Waals surface area contributed by atoms with Gasteiger partial charge in [-0.1, -0.05) is 330 Å². The molecule has 0 aliphatic rings. The standard InChI is InChI=1S/C74H144O17P2/c1-7-10-12-14-16-17-18-19-20-24-27-33-39-45-51-57-72(77)85-63-70(91-73(78)58-52-46-40-34-28-25-22-21-23-26-32-38-43-49-55-67(6)9-3)65-89-93(82,83)87-61-68(75)60-86-92(80,81)88-64-69(62-84-71(76)56-50-44-36-15-13-11-8-2)90-74(79)59-53-47-41-35-30-29-31-37-42-48-54-66(4)5/h66-70,75H,7-65H2,1-6H3,(H,80,81)(H,82,83)/t67?,68-,69+,70+/m0/s1. The molecule has 0 bridgehead atoms. The highest BCUT2D eigenvalue weighted by atomic mass is 31.2. The molecule has 0 aliphatic heterocycles. The summed E-state index contributed by atoms with van der Waals surface area (Å²) in [5.74, 6) is -0.524. The third kappa shape index (κ3) is 67.0. The van der Waals surface area contributed by atoms with Crippen molar-refractivity contribution in [3.8, 4) is 0 Å². The molecule has 0 aromatic rings. The highest BCUT2D eigenvalue weighted by molar-refractivity contribution is 7.47. The molecular formula is C74H144O17P2. The van der Waals surface area contributed by atoms with E-state index in [1.54, 1.807) is 0 Å². The van der Waals surface area contributed by atoms with Crippen LogP contribution in [0, 0.1) is 11.8 Å². The lowest BCUT2D eigenvalue weighted by Gasteiger charge is -2.21. The van der Waals surface area contributed by atoms with Gasteiger partial charge in [0.15, 0.2) is 12.2 Å². The van der Waals surface area contributed by atoms with Gasteiger partial charge >= 0.3 is 39.5 Å². The Kier molecular flexibility index (Phi) is 64.6. The lowest BCUT2D eigenvalue weighted by molar-refractivity contribution is -0.161. The molecule has 0 radical (unpaired) electrons. The lowest BCUT2D eigenvalue weighted by atomic mass is 9.99. The number of carbonyl (C=O) groups is 4. The smallest absolute Gasteiger partial charge is 0.462 e. The van der Waals surface area contributed by atoms with Gasteiger partial charge < -0.3 is 33.8 Å². The van der Waals surface area contributed by atoms with E-state index in [2.05, 4.69) is 41.5 Å². The van der Waals surface area contributed by atoms with E-state index in [0.29, 0.717) is 25.7 Å². The molecule has 0 saturated carbocycles. The van der Waals surface area contributed by atoms with Crippen LogP contribution in [0.1, 0.15) is 382 Å². The SMILES string of the molecule is CCCCCCCCCCCCCCCCCC(=O)OC[C@H](COP(=O)(O)OC[C@@H](O)COP(=O)(O)OC[C@@H](COC(=O)CCCCCCCCC)OC(=O)CCCCCCCCCCCCC(C)C)OC(=O)CCCCCCCCCCCCCCCCC(C)CC. The van der Waals surface area contributed by atoms with Crippen LogP contribution in [-0.2, 0) is 65.4 Å². The average Bonchev–Trinajstić information content (AvgIpc) is 1.81. The summed E-state index contributed by atoms with van der Waals surface area (Å²) in [6, 6.07) is 0. The van der Waals surface area contributed by atoms with E-state index < -0.39 is 97.5 Å². The van der Waals surface area contributed by atoms with Crippen molar-refractivity contribution in [2.75, 3.05) is 39.6 Å². The summed E-state index contributed by atoms with van der Waals surface area (Å²) in [7, 11) is -9.90. The van der Waals surface area contributed by atoms with Crippen molar-refractivity contribution in [1.82, 2.24) is 0 Å². The Morgan fingerprint density at radius 3 is 0.817 bits per heavy atom. The number of carbonyl (C=O) groups excluding carboxylic acids is 4. The van der Waals surface area contributed by atoms with Gasteiger partial charge in [0, 0.05) is 25.7 Å². The number of rotatable bonds is 73. The molecule has 0 saturated heterocycles. The summed E-state index contributed by atoms with van der Waals surface area (Å²) in [5, 5.41) is 10.6. The number of unbranched alkanes of at least 4 members (excludes halogenated alkanes) is 42. The minimum absolute atomic E-state index is 0.106. The molecule has 0 amide bonds. The molecule has 0 rings (SSSR count). The van der Waals surface area contributed by atoms with Gasteiger partial charge in [0.05, 0.1) is 26.4 Å². The minimum atomic E-state index is -4.95. The van der Waals surface area contributed by atoms with Crippen LogP contribution in [0.4, 0.5) is 0 Å². The van der Waals surface area contributed by atoms with Crippen LogP contribution in [0.3, 0.4) is 0 Å². The van der Waals surface area contributed by atoms with Gasteiger partial charge in [0.2, 0.25) is 0 Å². The van der Waals surface area contributed by atoms with Gasteiger partial charge in [0.1, 0.15) is 19.3 Å². The molecule has 0 spiro atoms. The van der Waals surface area contributed by atoms with E-state index in [-0.39, 0.29) is 25.7 Å². The fourth-order valence-electron chi connectivity index (χ4n) is 11.3. The van der Waals surface area contributed by atoms with Crippen molar-refractivity contribution in [3.63, 3.8) is 0 Å². The maximum atomic E-state index is 13.1. The number of ether oxygens (including phenoxy) is 4. The Morgan fingerprint density at radius 1 is 0.312 bits per heavy atom. The monoisotopic (exact) mass is 1370 g/mol. The fourth-order valence-corrected chi connectivity index (χ4v) is 12.8. The number of aliphatic hydroxyl groups is 1. The van der Waals surface area contributed by atoms with Gasteiger partial charge in [-0.15, -0.1) is 0 Å². The number of phosphoric acid groups is 2. The van der Waals surface area contributed by atoms with E-state index in [4.69, 9.17) is 37.0 Å². The molecule has 0 aliphatic carbocycles. The van der Waals surface area contributed by atoms with Gasteiger partial charge in [-0.2, -0.15) is 0 Å². The van der Waals surface area contributed by atoms with E-state index in [1.807, 2.05) is 0 Å². The fraction of sp³-hybridized carbons (Fsp3) is 0.946. The lowest BCUT2D eigenvalue weighted by Crippen LogP contribution is -2.30. The third-order valence-electron chi connectivity index (χ3n) is 17.6. The van der Waals surface area contributed by atoms with Crippen molar-refractivity contribution < 1.29 is 80.2 Å². The number of aliphatic hydroxyl groups excluding tert-OH is 1. The minimum Gasteiger partial charge on any atom is -0.462 e. The Bertz CT molecular complexity index is 1810. The molecule has 17 nitrogen and oxygen atoms in total.